The van der Waals surface area contributed by atoms with Gasteiger partial charge in [-0.1, -0.05) is 54.2 Å². The number of amides is 2. The second kappa shape index (κ2) is 9.82. The molecule has 174 valence electrons. The minimum atomic E-state index is -2.87. The average Bonchev–Trinajstić information content (AvgIpc) is 3.30. The van der Waals surface area contributed by atoms with Crippen molar-refractivity contribution in [2.45, 2.75) is 38.4 Å². The highest BCUT2D eigenvalue weighted by atomic mass is 32.2. The molecule has 1 fully saturated rings. The van der Waals surface area contributed by atoms with Gasteiger partial charge in [0.25, 0.3) is 5.91 Å². The number of hydrogen-bond acceptors (Lipinski definition) is 5. The van der Waals surface area contributed by atoms with Crippen LogP contribution < -0.4 is 10.5 Å². The van der Waals surface area contributed by atoms with Crippen LogP contribution in [0.5, 0.6) is 5.75 Å². The number of halogens is 2. The van der Waals surface area contributed by atoms with E-state index >= 15 is 0 Å². The number of alkyl halides is 2. The number of primary amides is 1. The van der Waals surface area contributed by atoms with Gasteiger partial charge in [-0.25, -0.2) is 0 Å². The number of nitrogens with zero attached hydrogens (tertiary/aromatic N) is 2. The molecule has 4 rings (SSSR count). The van der Waals surface area contributed by atoms with Crippen LogP contribution in [0.15, 0.2) is 65.2 Å². The zero-order valence-corrected chi connectivity index (χ0v) is 18.9. The molecular formula is C24H25F2N3O3S. The second-order valence-electron chi connectivity index (χ2n) is 8.08. The van der Waals surface area contributed by atoms with Gasteiger partial charge in [-0.05, 0) is 43.0 Å². The van der Waals surface area contributed by atoms with Crippen molar-refractivity contribution in [1.29, 1.82) is 0 Å². The first-order chi connectivity index (χ1) is 15.8. The van der Waals surface area contributed by atoms with Gasteiger partial charge in [0.15, 0.2) is 5.50 Å². The predicted molar refractivity (Wildman–Crippen MR) is 122 cm³/mol. The molecule has 0 spiro atoms. The molecule has 2 heterocycles. The molecule has 33 heavy (non-hydrogen) atoms. The first-order valence-corrected chi connectivity index (χ1v) is 11.5. The van der Waals surface area contributed by atoms with Crippen molar-refractivity contribution in [3.05, 3.63) is 76.3 Å². The molecule has 0 aromatic heterocycles. The largest absolute Gasteiger partial charge is 0.435 e. The average molecular weight is 474 g/mol. The highest BCUT2D eigenvalue weighted by Crippen LogP contribution is 2.42. The molecule has 0 aliphatic carbocycles. The summed E-state index contributed by atoms with van der Waals surface area (Å²) in [5.41, 5.74) is 7.99. The van der Waals surface area contributed by atoms with E-state index in [0.29, 0.717) is 30.8 Å². The molecule has 2 aliphatic rings. The van der Waals surface area contributed by atoms with Gasteiger partial charge in [-0.2, -0.15) is 8.78 Å². The van der Waals surface area contributed by atoms with Crippen LogP contribution >= 0.6 is 11.8 Å². The number of carbonyl (C=O) groups is 2. The van der Waals surface area contributed by atoms with E-state index in [1.54, 1.807) is 12.1 Å². The molecule has 2 amide bonds. The zero-order valence-electron chi connectivity index (χ0n) is 18.1. The Morgan fingerprint density at radius 3 is 2.48 bits per heavy atom. The summed E-state index contributed by atoms with van der Waals surface area (Å²) in [5.74, 6) is -0.610. The maximum absolute atomic E-state index is 13.3. The Labute approximate surface area is 195 Å². The van der Waals surface area contributed by atoms with Crippen molar-refractivity contribution in [1.82, 2.24) is 9.80 Å². The molecule has 1 saturated heterocycles. The first-order valence-electron chi connectivity index (χ1n) is 10.7. The fourth-order valence-corrected chi connectivity index (χ4v) is 5.57. The van der Waals surface area contributed by atoms with E-state index in [0.717, 1.165) is 16.8 Å². The minimum absolute atomic E-state index is 0.0111. The zero-order chi connectivity index (χ0) is 23.5. The Morgan fingerprint density at radius 2 is 1.85 bits per heavy atom. The van der Waals surface area contributed by atoms with E-state index in [1.807, 2.05) is 42.2 Å². The van der Waals surface area contributed by atoms with Gasteiger partial charge in [0.1, 0.15) is 5.75 Å². The van der Waals surface area contributed by atoms with Crippen LogP contribution in [0.2, 0.25) is 0 Å². The van der Waals surface area contributed by atoms with Gasteiger partial charge in [-0.3, -0.25) is 9.59 Å². The maximum Gasteiger partial charge on any atom is 0.387 e. The molecule has 2 aromatic carbocycles. The Kier molecular flexibility index (Phi) is 6.88. The van der Waals surface area contributed by atoms with E-state index in [9.17, 15) is 18.4 Å². The summed E-state index contributed by atoms with van der Waals surface area (Å²) < 4.78 is 29.1. The lowest BCUT2D eigenvalue weighted by Crippen LogP contribution is -2.44. The molecule has 0 radical (unpaired) electrons. The summed E-state index contributed by atoms with van der Waals surface area (Å²) in [6, 6.07) is 16.2. The number of carbonyl (C=O) groups excluding carboxylic acids is 2. The smallest absolute Gasteiger partial charge is 0.387 e. The van der Waals surface area contributed by atoms with Crippen molar-refractivity contribution in [2.75, 3.05) is 6.54 Å². The van der Waals surface area contributed by atoms with Crippen molar-refractivity contribution in [3.8, 4) is 5.75 Å². The highest BCUT2D eigenvalue weighted by Gasteiger charge is 2.43. The Balaban J connectivity index is 1.47. The SMILES string of the molecule is CC1=C(C(N)=O)SC(N2CCC(Cc3ccc(OC(F)F)cc3)C2=O)N1Cc1ccccc1. The lowest BCUT2D eigenvalue weighted by atomic mass is 9.98. The Morgan fingerprint density at radius 1 is 1.15 bits per heavy atom. The monoisotopic (exact) mass is 473 g/mol. The fraction of sp³-hybridized carbons (Fsp3) is 0.333. The van der Waals surface area contributed by atoms with Crippen LogP contribution in [0.1, 0.15) is 24.5 Å². The van der Waals surface area contributed by atoms with E-state index in [1.165, 1.54) is 23.9 Å². The molecule has 2 aliphatic heterocycles. The molecule has 2 aromatic rings. The van der Waals surface area contributed by atoms with Crippen molar-refractivity contribution >= 4 is 23.6 Å². The van der Waals surface area contributed by atoms with Crippen molar-refractivity contribution < 1.29 is 23.1 Å². The number of benzene rings is 2. The van der Waals surface area contributed by atoms with Crippen LogP contribution in [-0.2, 0) is 22.6 Å². The van der Waals surface area contributed by atoms with Crippen LogP contribution in [0, 0.1) is 5.92 Å². The van der Waals surface area contributed by atoms with Crippen molar-refractivity contribution in [2.24, 2.45) is 11.7 Å². The molecule has 9 heteroatoms. The summed E-state index contributed by atoms with van der Waals surface area (Å²) >= 11 is 1.32. The third-order valence-electron chi connectivity index (χ3n) is 5.92. The molecule has 2 N–H and O–H groups in total. The third-order valence-corrected chi connectivity index (χ3v) is 7.37. The number of allylic oxidation sites excluding steroid dienone is 1. The third kappa shape index (κ3) is 5.13. The lowest BCUT2D eigenvalue weighted by Gasteiger charge is -2.34. The molecule has 0 bridgehead atoms. The number of thioether (sulfide) groups is 1. The quantitative estimate of drug-likeness (QED) is 0.629. The van der Waals surface area contributed by atoms with Crippen molar-refractivity contribution in [3.63, 3.8) is 0 Å². The normalized spacial score (nSPS) is 20.8. The van der Waals surface area contributed by atoms with Gasteiger partial charge in [0.05, 0.1) is 4.91 Å². The number of nitrogens with two attached hydrogens (primary N) is 1. The Hall–Kier alpha value is -3.07. The van der Waals surface area contributed by atoms with E-state index in [-0.39, 0.29) is 23.1 Å². The second-order valence-corrected chi connectivity index (χ2v) is 9.15. The van der Waals surface area contributed by atoms with E-state index < -0.39 is 12.5 Å². The fourth-order valence-electron chi connectivity index (χ4n) is 4.26. The van der Waals surface area contributed by atoms with Crippen LogP contribution in [0.3, 0.4) is 0 Å². The molecule has 6 nitrogen and oxygen atoms in total. The summed E-state index contributed by atoms with van der Waals surface area (Å²) in [6.07, 6.45) is 1.19. The first kappa shape index (κ1) is 23.1. The Bertz CT molecular complexity index is 1050. The molecular weight excluding hydrogens is 448 g/mol. The summed E-state index contributed by atoms with van der Waals surface area (Å²) in [7, 11) is 0. The molecule has 0 saturated carbocycles. The maximum atomic E-state index is 13.3. The van der Waals surface area contributed by atoms with Gasteiger partial charge in [-0.15, -0.1) is 0 Å². The minimum Gasteiger partial charge on any atom is -0.435 e. The predicted octanol–water partition coefficient (Wildman–Crippen LogP) is 3.93. The topological polar surface area (TPSA) is 75.9 Å². The van der Waals surface area contributed by atoms with Gasteiger partial charge >= 0.3 is 6.61 Å². The highest BCUT2D eigenvalue weighted by molar-refractivity contribution is 8.04. The van der Waals surface area contributed by atoms with Crippen LogP contribution in [0.25, 0.3) is 0 Å². The standard InChI is InChI=1S/C24H25F2N3O3S/c1-15-20(21(27)30)33-24(29(15)14-17-5-3-2-4-6-17)28-12-11-18(22(28)31)13-16-7-9-19(10-8-16)32-23(25)26/h2-10,18,23-24H,11-14H2,1H3,(H2,27,30). The van der Waals surface area contributed by atoms with Crippen LogP contribution in [0.4, 0.5) is 8.78 Å². The number of likely N-dealkylation sites (tertiary alicyclic amines) is 1. The summed E-state index contributed by atoms with van der Waals surface area (Å²) in [6.45, 7) is 0.113. The van der Waals surface area contributed by atoms with E-state index in [2.05, 4.69) is 9.64 Å². The number of rotatable bonds is 8. The lowest BCUT2D eigenvalue weighted by molar-refractivity contribution is -0.133. The summed E-state index contributed by atoms with van der Waals surface area (Å²) in [4.78, 5) is 29.7. The van der Waals surface area contributed by atoms with Crippen LogP contribution in [-0.4, -0.2) is 40.3 Å². The van der Waals surface area contributed by atoms with Gasteiger partial charge in [0.2, 0.25) is 5.91 Å². The number of ether oxygens (including phenoxy) is 1. The molecule has 2 atom stereocenters. The van der Waals surface area contributed by atoms with Gasteiger partial charge < -0.3 is 20.3 Å². The summed E-state index contributed by atoms with van der Waals surface area (Å²) in [5, 5.41) is 0. The van der Waals surface area contributed by atoms with Gasteiger partial charge in [0, 0.05) is 24.7 Å². The molecule has 2 unspecified atom stereocenters. The van der Waals surface area contributed by atoms with E-state index in [4.69, 9.17) is 5.73 Å². The number of hydrogen-bond donors (Lipinski definition) is 1.